The van der Waals surface area contributed by atoms with E-state index in [1.807, 2.05) is 17.8 Å². The lowest BCUT2D eigenvalue weighted by atomic mass is 10.1. The Bertz CT molecular complexity index is 499. The van der Waals surface area contributed by atoms with E-state index in [0.717, 1.165) is 18.7 Å². The second-order valence-electron chi connectivity index (χ2n) is 5.27. The quantitative estimate of drug-likeness (QED) is 0.861. The van der Waals surface area contributed by atoms with Gasteiger partial charge in [-0.15, -0.1) is 0 Å². The summed E-state index contributed by atoms with van der Waals surface area (Å²) < 4.78 is 1.92. The van der Waals surface area contributed by atoms with Gasteiger partial charge in [-0.1, -0.05) is 13.3 Å². The van der Waals surface area contributed by atoms with E-state index in [0.29, 0.717) is 26.1 Å². The first kappa shape index (κ1) is 15.3. The number of hydrogen-bond donors (Lipinski definition) is 2. The number of aryl methyl sites for hydroxylation is 1. The van der Waals surface area contributed by atoms with Crippen LogP contribution in [0.2, 0.25) is 0 Å². The zero-order valence-electron chi connectivity index (χ0n) is 12.6. The molecule has 1 aromatic heterocycles. The number of rotatable bonds is 4. The molecule has 3 amide bonds. The Labute approximate surface area is 124 Å². The normalized spacial score (nSPS) is 17.0. The number of imidazole rings is 1. The van der Waals surface area contributed by atoms with Crippen LogP contribution in [0, 0.1) is 0 Å². The fraction of sp³-hybridized carbons (Fsp3) is 0.643. The Morgan fingerprint density at radius 3 is 3.00 bits per heavy atom. The van der Waals surface area contributed by atoms with Gasteiger partial charge in [0.15, 0.2) is 0 Å². The molecule has 1 aromatic rings. The molecule has 21 heavy (non-hydrogen) atoms. The van der Waals surface area contributed by atoms with Crippen LogP contribution in [-0.2, 0) is 11.8 Å². The van der Waals surface area contributed by atoms with Gasteiger partial charge in [-0.2, -0.15) is 0 Å². The molecule has 0 aliphatic carbocycles. The maximum atomic E-state index is 12.4. The third kappa shape index (κ3) is 3.96. The van der Waals surface area contributed by atoms with Gasteiger partial charge in [-0.05, 0) is 6.42 Å². The highest BCUT2D eigenvalue weighted by atomic mass is 16.2. The summed E-state index contributed by atoms with van der Waals surface area (Å²) in [5.74, 6) is 0.855. The van der Waals surface area contributed by atoms with Crippen molar-refractivity contribution in [1.82, 2.24) is 25.1 Å². The smallest absolute Gasteiger partial charge is 0.318 e. The number of aromatic nitrogens is 2. The number of urea groups is 1. The van der Waals surface area contributed by atoms with Crippen LogP contribution in [0.25, 0.3) is 0 Å². The van der Waals surface area contributed by atoms with Crippen LogP contribution in [0.3, 0.4) is 0 Å². The van der Waals surface area contributed by atoms with Gasteiger partial charge in [0, 0.05) is 45.5 Å². The predicted octanol–water partition coefficient (Wildman–Crippen LogP) is 0.793. The highest BCUT2D eigenvalue weighted by Crippen LogP contribution is 2.16. The van der Waals surface area contributed by atoms with Crippen molar-refractivity contribution in [3.8, 4) is 0 Å². The van der Waals surface area contributed by atoms with Gasteiger partial charge < -0.3 is 20.1 Å². The first-order valence-corrected chi connectivity index (χ1v) is 7.41. The molecule has 0 radical (unpaired) electrons. The van der Waals surface area contributed by atoms with Crippen LogP contribution < -0.4 is 10.6 Å². The zero-order valence-corrected chi connectivity index (χ0v) is 12.6. The molecule has 2 heterocycles. The molecule has 1 aliphatic rings. The summed E-state index contributed by atoms with van der Waals surface area (Å²) in [5.41, 5.74) is 0. The van der Waals surface area contributed by atoms with Crippen LogP contribution in [-0.4, -0.2) is 46.0 Å². The standard InChI is InChI=1S/C14H23N5O2/c1-3-4-11(13-16-6-9-18(13)2)17-14(21)19-8-5-12(20)15-7-10-19/h6,9,11H,3-5,7-8,10H2,1-2H3,(H,15,20)(H,17,21)/t11-/m0/s1. The van der Waals surface area contributed by atoms with Crippen LogP contribution in [0.5, 0.6) is 0 Å². The van der Waals surface area contributed by atoms with Crippen molar-refractivity contribution >= 4 is 11.9 Å². The second kappa shape index (κ2) is 7.10. The summed E-state index contributed by atoms with van der Waals surface area (Å²) in [6.45, 7) is 3.58. The molecule has 2 rings (SSSR count). The minimum atomic E-state index is -0.132. The Morgan fingerprint density at radius 2 is 2.33 bits per heavy atom. The molecule has 0 aromatic carbocycles. The Balaban J connectivity index is 2.01. The SMILES string of the molecule is CCC[C@H](NC(=O)N1CCNC(=O)CC1)c1nccn1C. The number of hydrogen-bond acceptors (Lipinski definition) is 3. The average Bonchev–Trinajstić information content (AvgIpc) is 2.75. The van der Waals surface area contributed by atoms with E-state index >= 15 is 0 Å². The van der Waals surface area contributed by atoms with Crippen LogP contribution >= 0.6 is 0 Å². The Morgan fingerprint density at radius 1 is 1.52 bits per heavy atom. The molecule has 1 atom stereocenters. The van der Waals surface area contributed by atoms with Crippen molar-refractivity contribution < 1.29 is 9.59 Å². The second-order valence-corrected chi connectivity index (χ2v) is 5.27. The van der Waals surface area contributed by atoms with Gasteiger partial charge in [0.25, 0.3) is 0 Å². The number of amides is 3. The highest BCUT2D eigenvalue weighted by Gasteiger charge is 2.23. The van der Waals surface area contributed by atoms with E-state index in [-0.39, 0.29) is 18.0 Å². The Hall–Kier alpha value is -2.05. The largest absolute Gasteiger partial charge is 0.354 e. The number of carbonyl (C=O) groups excluding carboxylic acids is 2. The van der Waals surface area contributed by atoms with Gasteiger partial charge in [-0.3, -0.25) is 4.79 Å². The summed E-state index contributed by atoms with van der Waals surface area (Å²) in [4.78, 5) is 29.7. The van der Waals surface area contributed by atoms with Gasteiger partial charge in [0.1, 0.15) is 5.82 Å². The maximum Gasteiger partial charge on any atom is 0.318 e. The molecule has 0 unspecified atom stereocenters. The topological polar surface area (TPSA) is 79.3 Å². The minimum absolute atomic E-state index is 0.000454. The van der Waals surface area contributed by atoms with Gasteiger partial charge in [0.05, 0.1) is 6.04 Å². The van der Waals surface area contributed by atoms with Gasteiger partial charge >= 0.3 is 6.03 Å². The molecular formula is C14H23N5O2. The van der Waals surface area contributed by atoms with Crippen molar-refractivity contribution in [2.24, 2.45) is 7.05 Å². The summed E-state index contributed by atoms with van der Waals surface area (Å²) in [6, 6.07) is -0.234. The summed E-state index contributed by atoms with van der Waals surface area (Å²) in [5, 5.41) is 5.81. The molecule has 1 fully saturated rings. The van der Waals surface area contributed by atoms with E-state index in [1.54, 1.807) is 11.1 Å². The molecule has 0 saturated carbocycles. The lowest BCUT2D eigenvalue weighted by Crippen LogP contribution is -2.43. The van der Waals surface area contributed by atoms with Gasteiger partial charge in [0.2, 0.25) is 5.91 Å². The van der Waals surface area contributed by atoms with Crippen molar-refractivity contribution in [1.29, 1.82) is 0 Å². The predicted molar refractivity (Wildman–Crippen MR) is 78.6 cm³/mol. The maximum absolute atomic E-state index is 12.4. The van der Waals surface area contributed by atoms with Crippen molar-refractivity contribution in [3.05, 3.63) is 18.2 Å². The van der Waals surface area contributed by atoms with Crippen LogP contribution in [0.4, 0.5) is 4.79 Å². The zero-order chi connectivity index (χ0) is 15.2. The molecule has 2 N–H and O–H groups in total. The lowest BCUT2D eigenvalue weighted by molar-refractivity contribution is -0.120. The number of carbonyl (C=O) groups is 2. The van der Waals surface area contributed by atoms with Crippen LogP contribution in [0.15, 0.2) is 12.4 Å². The highest BCUT2D eigenvalue weighted by molar-refractivity contribution is 5.79. The molecule has 7 nitrogen and oxygen atoms in total. The molecule has 0 spiro atoms. The number of nitrogens with one attached hydrogen (secondary N) is 2. The van der Waals surface area contributed by atoms with Crippen molar-refractivity contribution in [2.45, 2.75) is 32.2 Å². The third-order valence-corrected chi connectivity index (χ3v) is 3.65. The molecule has 7 heteroatoms. The summed E-state index contributed by atoms with van der Waals surface area (Å²) in [6.07, 6.45) is 5.76. The first-order valence-electron chi connectivity index (χ1n) is 7.41. The molecule has 0 bridgehead atoms. The fourth-order valence-electron chi connectivity index (χ4n) is 2.48. The molecule has 116 valence electrons. The van der Waals surface area contributed by atoms with Crippen molar-refractivity contribution in [3.63, 3.8) is 0 Å². The van der Waals surface area contributed by atoms with E-state index < -0.39 is 0 Å². The molecule has 1 aliphatic heterocycles. The minimum Gasteiger partial charge on any atom is -0.354 e. The lowest BCUT2D eigenvalue weighted by Gasteiger charge is -2.24. The summed E-state index contributed by atoms with van der Waals surface area (Å²) >= 11 is 0. The molecular weight excluding hydrogens is 270 g/mol. The number of nitrogens with zero attached hydrogens (tertiary/aromatic N) is 3. The fourth-order valence-corrected chi connectivity index (χ4v) is 2.48. The van der Waals surface area contributed by atoms with E-state index in [4.69, 9.17) is 0 Å². The summed E-state index contributed by atoms with van der Waals surface area (Å²) in [7, 11) is 1.92. The monoisotopic (exact) mass is 293 g/mol. The average molecular weight is 293 g/mol. The van der Waals surface area contributed by atoms with E-state index in [9.17, 15) is 9.59 Å². The van der Waals surface area contributed by atoms with E-state index in [1.165, 1.54) is 0 Å². The molecule has 1 saturated heterocycles. The van der Waals surface area contributed by atoms with Crippen molar-refractivity contribution in [2.75, 3.05) is 19.6 Å². The third-order valence-electron chi connectivity index (χ3n) is 3.65. The first-order chi connectivity index (χ1) is 10.1. The Kier molecular flexibility index (Phi) is 5.19. The van der Waals surface area contributed by atoms with Gasteiger partial charge in [-0.25, -0.2) is 9.78 Å². The van der Waals surface area contributed by atoms with E-state index in [2.05, 4.69) is 22.5 Å². The van der Waals surface area contributed by atoms with Crippen LogP contribution in [0.1, 0.15) is 38.1 Å².